The molecule has 2 N–H and O–H groups in total. The van der Waals surface area contributed by atoms with Gasteiger partial charge in [-0.25, -0.2) is 9.97 Å². The van der Waals surface area contributed by atoms with E-state index in [0.717, 1.165) is 11.0 Å². The molecule has 6 heteroatoms. The summed E-state index contributed by atoms with van der Waals surface area (Å²) in [6, 6.07) is 1.87. The number of aliphatic hydroxyl groups is 2. The van der Waals surface area contributed by atoms with Crippen molar-refractivity contribution in [3.63, 3.8) is 0 Å². The highest BCUT2D eigenvalue weighted by Crippen LogP contribution is 2.30. The van der Waals surface area contributed by atoms with Crippen LogP contribution in [0.2, 0.25) is 0 Å². The summed E-state index contributed by atoms with van der Waals surface area (Å²) in [5.74, 6) is 0. The second kappa shape index (κ2) is 4.06. The minimum atomic E-state index is -0.627. The molecule has 0 aliphatic carbocycles. The molecule has 0 radical (unpaired) electrons. The summed E-state index contributed by atoms with van der Waals surface area (Å²) < 4.78 is 7.35. The minimum absolute atomic E-state index is 0.0816. The molecule has 1 aliphatic heterocycles. The average molecular weight is 235 g/mol. The van der Waals surface area contributed by atoms with Crippen molar-refractivity contribution >= 4 is 11.0 Å². The highest BCUT2D eigenvalue weighted by Gasteiger charge is 2.35. The SMILES string of the molecule is OC[C@@H]1C[C@@H](O)C(n2ccc3cncnc32)O1. The van der Waals surface area contributed by atoms with Crippen molar-refractivity contribution in [1.82, 2.24) is 14.5 Å². The summed E-state index contributed by atoms with van der Waals surface area (Å²) >= 11 is 0. The van der Waals surface area contributed by atoms with Crippen LogP contribution in [-0.2, 0) is 4.74 Å². The van der Waals surface area contributed by atoms with Gasteiger partial charge in [0.2, 0.25) is 0 Å². The van der Waals surface area contributed by atoms with E-state index in [9.17, 15) is 5.11 Å². The third-order valence-corrected chi connectivity index (χ3v) is 3.02. The van der Waals surface area contributed by atoms with Crippen LogP contribution in [0.3, 0.4) is 0 Å². The maximum atomic E-state index is 9.92. The molecule has 3 rings (SSSR count). The van der Waals surface area contributed by atoms with Crippen molar-refractivity contribution in [3.8, 4) is 0 Å². The Kier molecular flexibility index (Phi) is 2.54. The molecule has 0 bridgehead atoms. The van der Waals surface area contributed by atoms with Crippen molar-refractivity contribution in [1.29, 1.82) is 0 Å². The normalized spacial score (nSPS) is 28.9. The Hall–Kier alpha value is -1.50. The molecule has 6 nitrogen and oxygen atoms in total. The minimum Gasteiger partial charge on any atom is -0.394 e. The van der Waals surface area contributed by atoms with Crippen molar-refractivity contribution in [3.05, 3.63) is 24.8 Å². The molecule has 0 aromatic carbocycles. The van der Waals surface area contributed by atoms with Gasteiger partial charge >= 0.3 is 0 Å². The maximum Gasteiger partial charge on any atom is 0.161 e. The molecular weight excluding hydrogens is 222 g/mol. The fourth-order valence-electron chi connectivity index (χ4n) is 2.20. The van der Waals surface area contributed by atoms with E-state index >= 15 is 0 Å². The highest BCUT2D eigenvalue weighted by molar-refractivity contribution is 5.74. The average Bonchev–Trinajstić information content (AvgIpc) is 2.92. The van der Waals surface area contributed by atoms with Crippen LogP contribution >= 0.6 is 0 Å². The number of aromatic nitrogens is 3. The monoisotopic (exact) mass is 235 g/mol. The zero-order valence-corrected chi connectivity index (χ0v) is 9.10. The Morgan fingerprint density at radius 2 is 2.41 bits per heavy atom. The molecule has 0 saturated carbocycles. The molecule has 0 spiro atoms. The van der Waals surface area contributed by atoms with Gasteiger partial charge in [-0.05, 0) is 6.07 Å². The highest BCUT2D eigenvalue weighted by atomic mass is 16.5. The first-order valence-corrected chi connectivity index (χ1v) is 5.50. The first-order chi connectivity index (χ1) is 8.29. The fourth-order valence-corrected chi connectivity index (χ4v) is 2.20. The largest absolute Gasteiger partial charge is 0.394 e. The molecule has 2 aromatic rings. The Labute approximate surface area is 97.5 Å². The number of hydrogen-bond donors (Lipinski definition) is 2. The molecule has 1 unspecified atom stereocenters. The van der Waals surface area contributed by atoms with E-state index in [1.54, 1.807) is 10.8 Å². The Bertz CT molecular complexity index is 527. The van der Waals surface area contributed by atoms with E-state index in [2.05, 4.69) is 9.97 Å². The van der Waals surface area contributed by atoms with Gasteiger partial charge in [0.15, 0.2) is 6.23 Å². The molecule has 3 atom stereocenters. The Balaban J connectivity index is 1.99. The van der Waals surface area contributed by atoms with E-state index in [-0.39, 0.29) is 12.7 Å². The number of fused-ring (bicyclic) bond motifs is 1. The lowest BCUT2D eigenvalue weighted by atomic mass is 10.2. The van der Waals surface area contributed by atoms with E-state index < -0.39 is 12.3 Å². The van der Waals surface area contributed by atoms with E-state index in [4.69, 9.17) is 9.84 Å². The van der Waals surface area contributed by atoms with Crippen LogP contribution in [-0.4, -0.2) is 43.6 Å². The van der Waals surface area contributed by atoms with E-state index in [1.807, 2.05) is 12.3 Å². The van der Waals surface area contributed by atoms with Crippen molar-refractivity contribution in [2.75, 3.05) is 6.61 Å². The van der Waals surface area contributed by atoms with Crippen LogP contribution in [0, 0.1) is 0 Å². The molecule has 3 heterocycles. The van der Waals surface area contributed by atoms with Crippen molar-refractivity contribution in [2.24, 2.45) is 0 Å². The van der Waals surface area contributed by atoms with Gasteiger partial charge in [-0.1, -0.05) is 0 Å². The molecule has 2 aromatic heterocycles. The summed E-state index contributed by atoms with van der Waals surface area (Å²) in [5, 5.41) is 19.9. The number of rotatable bonds is 2. The third-order valence-electron chi connectivity index (χ3n) is 3.02. The van der Waals surface area contributed by atoms with Crippen molar-refractivity contribution < 1.29 is 14.9 Å². The lowest BCUT2D eigenvalue weighted by Gasteiger charge is -2.17. The second-order valence-electron chi connectivity index (χ2n) is 4.16. The Morgan fingerprint density at radius 1 is 1.53 bits per heavy atom. The summed E-state index contributed by atoms with van der Waals surface area (Å²) in [5.41, 5.74) is 0.725. The van der Waals surface area contributed by atoms with Gasteiger partial charge in [-0.3, -0.25) is 0 Å². The fraction of sp³-hybridized carbons (Fsp3) is 0.455. The summed E-state index contributed by atoms with van der Waals surface area (Å²) in [6.07, 6.45) is 4.00. The van der Waals surface area contributed by atoms with Crippen LogP contribution < -0.4 is 0 Å². The first-order valence-electron chi connectivity index (χ1n) is 5.50. The molecule has 1 aliphatic rings. The van der Waals surface area contributed by atoms with Gasteiger partial charge in [-0.2, -0.15) is 0 Å². The molecule has 0 amide bonds. The zero-order valence-electron chi connectivity index (χ0n) is 9.10. The van der Waals surface area contributed by atoms with Gasteiger partial charge in [0.1, 0.15) is 18.1 Å². The summed E-state index contributed by atoms with van der Waals surface area (Å²) in [7, 11) is 0. The summed E-state index contributed by atoms with van der Waals surface area (Å²) in [6.45, 7) is -0.0816. The lowest BCUT2D eigenvalue weighted by molar-refractivity contribution is -0.0484. The van der Waals surface area contributed by atoms with E-state index in [0.29, 0.717) is 6.42 Å². The predicted molar refractivity (Wildman–Crippen MR) is 59.1 cm³/mol. The number of nitrogens with zero attached hydrogens (tertiary/aromatic N) is 3. The summed E-state index contributed by atoms with van der Waals surface area (Å²) in [4.78, 5) is 8.10. The quantitative estimate of drug-likeness (QED) is 0.770. The van der Waals surface area contributed by atoms with Crippen LogP contribution in [0.4, 0.5) is 0 Å². The topological polar surface area (TPSA) is 80.4 Å². The molecule has 17 heavy (non-hydrogen) atoms. The Morgan fingerprint density at radius 3 is 3.18 bits per heavy atom. The van der Waals surface area contributed by atoms with E-state index in [1.165, 1.54) is 6.33 Å². The second-order valence-corrected chi connectivity index (χ2v) is 4.16. The smallest absolute Gasteiger partial charge is 0.161 e. The molecule has 90 valence electrons. The zero-order chi connectivity index (χ0) is 11.8. The van der Waals surface area contributed by atoms with Gasteiger partial charge in [0.25, 0.3) is 0 Å². The van der Waals surface area contributed by atoms with Gasteiger partial charge in [0.05, 0.1) is 12.7 Å². The number of aliphatic hydroxyl groups excluding tert-OH is 2. The number of ether oxygens (including phenoxy) is 1. The first kappa shape index (κ1) is 10.6. The van der Waals surface area contributed by atoms with Crippen molar-refractivity contribution in [2.45, 2.75) is 24.9 Å². The van der Waals surface area contributed by atoms with Crippen LogP contribution in [0.5, 0.6) is 0 Å². The molecular formula is C11H13N3O3. The number of hydrogen-bond acceptors (Lipinski definition) is 5. The van der Waals surface area contributed by atoms with Crippen LogP contribution in [0.15, 0.2) is 24.8 Å². The van der Waals surface area contributed by atoms with Gasteiger partial charge in [0, 0.05) is 24.2 Å². The standard InChI is InChI=1S/C11H13N3O3/c15-5-8-3-9(16)11(17-8)14-2-1-7-4-12-6-13-10(7)14/h1-2,4,6,8-9,11,15-16H,3,5H2/t8-,9+,11?/m0/s1. The molecule has 1 fully saturated rings. The third kappa shape index (κ3) is 1.70. The lowest BCUT2D eigenvalue weighted by Crippen LogP contribution is -2.19. The predicted octanol–water partition coefficient (Wildman–Crippen LogP) is 0.0720. The van der Waals surface area contributed by atoms with Crippen LogP contribution in [0.25, 0.3) is 11.0 Å². The van der Waals surface area contributed by atoms with Gasteiger partial charge in [-0.15, -0.1) is 0 Å². The molecule has 1 saturated heterocycles. The van der Waals surface area contributed by atoms with Crippen LogP contribution in [0.1, 0.15) is 12.6 Å². The van der Waals surface area contributed by atoms with Gasteiger partial charge < -0.3 is 19.5 Å². The maximum absolute atomic E-state index is 9.92.